The number of fused-ring (bicyclic) bond motifs is 1. The number of hydrogen-bond acceptors (Lipinski definition) is 3. The molecule has 3 heteroatoms. The van der Waals surface area contributed by atoms with E-state index in [1.807, 2.05) is 0 Å². The molecule has 1 aliphatic rings. The van der Waals surface area contributed by atoms with Crippen molar-refractivity contribution in [1.82, 2.24) is 5.32 Å². The molecule has 2 atom stereocenters. The van der Waals surface area contributed by atoms with Gasteiger partial charge in [0.05, 0.1) is 7.11 Å². The van der Waals surface area contributed by atoms with Crippen LogP contribution in [-0.2, 0) is 12.8 Å². The van der Waals surface area contributed by atoms with E-state index in [0.29, 0.717) is 12.1 Å². The lowest BCUT2D eigenvalue weighted by Gasteiger charge is -2.30. The van der Waals surface area contributed by atoms with E-state index < -0.39 is 0 Å². The SMILES string of the molecule is CCC(CCCN)NC1CCc2cccc(OC)c2C1. The summed E-state index contributed by atoms with van der Waals surface area (Å²) in [7, 11) is 1.77. The fourth-order valence-corrected chi connectivity index (χ4v) is 3.19. The van der Waals surface area contributed by atoms with Gasteiger partial charge in [0, 0.05) is 12.1 Å². The van der Waals surface area contributed by atoms with Crippen molar-refractivity contribution in [3.05, 3.63) is 29.3 Å². The normalized spacial score (nSPS) is 19.4. The molecule has 1 aromatic carbocycles. The first-order chi connectivity index (χ1) is 9.78. The van der Waals surface area contributed by atoms with Crippen LogP contribution in [-0.4, -0.2) is 25.7 Å². The molecule has 0 saturated heterocycles. The van der Waals surface area contributed by atoms with Gasteiger partial charge in [0.2, 0.25) is 0 Å². The molecule has 0 spiro atoms. The summed E-state index contributed by atoms with van der Waals surface area (Å²) in [6, 6.07) is 7.58. The number of ether oxygens (including phenoxy) is 1. The molecular weight excluding hydrogens is 248 g/mol. The van der Waals surface area contributed by atoms with E-state index in [1.54, 1.807) is 7.11 Å². The molecule has 3 nitrogen and oxygen atoms in total. The minimum Gasteiger partial charge on any atom is -0.496 e. The number of nitrogens with one attached hydrogen (secondary N) is 1. The van der Waals surface area contributed by atoms with Crippen molar-refractivity contribution in [3.63, 3.8) is 0 Å². The highest BCUT2D eigenvalue weighted by Crippen LogP contribution is 2.29. The maximum absolute atomic E-state index is 5.62. The molecule has 2 rings (SSSR count). The number of aryl methyl sites for hydroxylation is 1. The molecule has 0 radical (unpaired) electrons. The molecule has 1 aliphatic carbocycles. The first kappa shape index (κ1) is 15.3. The molecule has 112 valence electrons. The number of nitrogens with two attached hydrogens (primary N) is 1. The number of benzene rings is 1. The summed E-state index contributed by atoms with van der Waals surface area (Å²) in [5, 5.41) is 3.82. The van der Waals surface area contributed by atoms with Crippen LogP contribution in [0, 0.1) is 0 Å². The first-order valence-corrected chi connectivity index (χ1v) is 7.89. The van der Waals surface area contributed by atoms with Crippen LogP contribution in [0.3, 0.4) is 0 Å². The molecule has 3 N–H and O–H groups in total. The molecule has 0 saturated carbocycles. The molecule has 1 aromatic rings. The van der Waals surface area contributed by atoms with Crippen LogP contribution < -0.4 is 15.8 Å². The van der Waals surface area contributed by atoms with Gasteiger partial charge in [0.1, 0.15) is 5.75 Å². The number of rotatable bonds is 7. The Labute approximate surface area is 122 Å². The Bertz CT molecular complexity index is 405. The summed E-state index contributed by atoms with van der Waals surface area (Å²) in [5.41, 5.74) is 8.47. The van der Waals surface area contributed by atoms with Crippen molar-refractivity contribution in [3.8, 4) is 5.75 Å². The van der Waals surface area contributed by atoms with Crippen LogP contribution >= 0.6 is 0 Å². The van der Waals surface area contributed by atoms with E-state index in [1.165, 1.54) is 30.4 Å². The Morgan fingerprint density at radius 3 is 3.00 bits per heavy atom. The minimum absolute atomic E-state index is 0.571. The zero-order chi connectivity index (χ0) is 14.4. The van der Waals surface area contributed by atoms with Crippen molar-refractivity contribution in [2.24, 2.45) is 5.73 Å². The van der Waals surface area contributed by atoms with Crippen LogP contribution in [0.4, 0.5) is 0 Å². The summed E-state index contributed by atoms with van der Waals surface area (Å²) < 4.78 is 5.51. The molecule has 0 amide bonds. The predicted octanol–water partition coefficient (Wildman–Crippen LogP) is 2.66. The van der Waals surface area contributed by atoms with Crippen LogP contribution in [0.2, 0.25) is 0 Å². The van der Waals surface area contributed by atoms with Gasteiger partial charge in [0.15, 0.2) is 0 Å². The summed E-state index contributed by atoms with van der Waals surface area (Å²) in [6.07, 6.45) is 6.92. The van der Waals surface area contributed by atoms with Crippen LogP contribution in [0.25, 0.3) is 0 Å². The van der Waals surface area contributed by atoms with Gasteiger partial charge < -0.3 is 15.8 Å². The molecule has 0 aliphatic heterocycles. The van der Waals surface area contributed by atoms with Gasteiger partial charge in [-0.3, -0.25) is 0 Å². The predicted molar refractivity (Wildman–Crippen MR) is 84.3 cm³/mol. The summed E-state index contributed by atoms with van der Waals surface area (Å²) in [4.78, 5) is 0. The highest BCUT2D eigenvalue weighted by molar-refractivity contribution is 5.42. The Balaban J connectivity index is 1.99. The van der Waals surface area contributed by atoms with Gasteiger partial charge >= 0.3 is 0 Å². The Morgan fingerprint density at radius 2 is 2.30 bits per heavy atom. The standard InChI is InChI=1S/C17H28N2O/c1-3-14(7-5-11-18)19-15-10-9-13-6-4-8-17(20-2)16(13)12-15/h4,6,8,14-15,19H,3,5,7,9-12,18H2,1-2H3. The highest BCUT2D eigenvalue weighted by Gasteiger charge is 2.22. The van der Waals surface area contributed by atoms with Crippen molar-refractivity contribution in [2.75, 3.05) is 13.7 Å². The third-order valence-corrected chi connectivity index (χ3v) is 4.38. The topological polar surface area (TPSA) is 47.3 Å². The third kappa shape index (κ3) is 3.74. The van der Waals surface area contributed by atoms with Gasteiger partial charge in [-0.15, -0.1) is 0 Å². The monoisotopic (exact) mass is 276 g/mol. The van der Waals surface area contributed by atoms with Gasteiger partial charge in [-0.2, -0.15) is 0 Å². The summed E-state index contributed by atoms with van der Waals surface area (Å²) in [5.74, 6) is 1.05. The van der Waals surface area contributed by atoms with Gasteiger partial charge in [-0.1, -0.05) is 19.1 Å². The van der Waals surface area contributed by atoms with E-state index in [0.717, 1.165) is 31.6 Å². The molecule has 20 heavy (non-hydrogen) atoms. The first-order valence-electron chi connectivity index (χ1n) is 7.89. The smallest absolute Gasteiger partial charge is 0.122 e. The van der Waals surface area contributed by atoms with E-state index in [2.05, 4.69) is 30.4 Å². The molecule has 0 bridgehead atoms. The van der Waals surface area contributed by atoms with Crippen LogP contribution in [0.15, 0.2) is 18.2 Å². The summed E-state index contributed by atoms with van der Waals surface area (Å²) in [6.45, 7) is 3.05. The molecule has 0 aromatic heterocycles. The molecule has 0 heterocycles. The quantitative estimate of drug-likeness (QED) is 0.805. The average Bonchev–Trinajstić information content (AvgIpc) is 2.50. The lowest BCUT2D eigenvalue weighted by atomic mass is 9.87. The molecular formula is C17H28N2O. The maximum Gasteiger partial charge on any atom is 0.122 e. The number of methoxy groups -OCH3 is 1. The van der Waals surface area contributed by atoms with E-state index in [-0.39, 0.29) is 0 Å². The largest absolute Gasteiger partial charge is 0.496 e. The Kier molecular flexibility index (Phi) is 5.86. The summed E-state index contributed by atoms with van der Waals surface area (Å²) >= 11 is 0. The zero-order valence-corrected chi connectivity index (χ0v) is 12.8. The third-order valence-electron chi connectivity index (χ3n) is 4.38. The van der Waals surface area contributed by atoms with Crippen molar-refractivity contribution < 1.29 is 4.74 Å². The minimum atomic E-state index is 0.571. The van der Waals surface area contributed by atoms with Gasteiger partial charge in [-0.05, 0) is 62.3 Å². The number of hydrogen-bond donors (Lipinski definition) is 2. The second kappa shape index (κ2) is 7.65. The Morgan fingerprint density at radius 1 is 1.45 bits per heavy atom. The van der Waals surface area contributed by atoms with Gasteiger partial charge in [-0.25, -0.2) is 0 Å². The maximum atomic E-state index is 5.62. The van der Waals surface area contributed by atoms with Crippen molar-refractivity contribution in [1.29, 1.82) is 0 Å². The van der Waals surface area contributed by atoms with Crippen LogP contribution in [0.1, 0.15) is 43.7 Å². The molecule has 2 unspecified atom stereocenters. The fourth-order valence-electron chi connectivity index (χ4n) is 3.19. The van der Waals surface area contributed by atoms with E-state index >= 15 is 0 Å². The van der Waals surface area contributed by atoms with Crippen molar-refractivity contribution in [2.45, 2.75) is 57.5 Å². The molecule has 0 fully saturated rings. The second-order valence-electron chi connectivity index (χ2n) is 5.74. The van der Waals surface area contributed by atoms with Gasteiger partial charge in [0.25, 0.3) is 0 Å². The average molecular weight is 276 g/mol. The van der Waals surface area contributed by atoms with Crippen LogP contribution in [0.5, 0.6) is 5.75 Å². The second-order valence-corrected chi connectivity index (χ2v) is 5.74. The highest BCUT2D eigenvalue weighted by atomic mass is 16.5. The zero-order valence-electron chi connectivity index (χ0n) is 12.8. The van der Waals surface area contributed by atoms with E-state index in [9.17, 15) is 0 Å². The fraction of sp³-hybridized carbons (Fsp3) is 0.647. The lowest BCUT2D eigenvalue weighted by Crippen LogP contribution is -2.41. The Hall–Kier alpha value is -1.06. The van der Waals surface area contributed by atoms with E-state index in [4.69, 9.17) is 10.5 Å². The van der Waals surface area contributed by atoms with Crippen molar-refractivity contribution >= 4 is 0 Å². The lowest BCUT2D eigenvalue weighted by molar-refractivity contribution is 0.356.